The van der Waals surface area contributed by atoms with Crippen LogP contribution in [0.5, 0.6) is 0 Å². The quantitative estimate of drug-likeness (QED) is 0.650. The summed E-state index contributed by atoms with van der Waals surface area (Å²) in [6, 6.07) is 7.46. The first-order chi connectivity index (χ1) is 6.18. The third-order valence-electron chi connectivity index (χ3n) is 2.20. The number of rotatable bonds is 0. The summed E-state index contributed by atoms with van der Waals surface area (Å²) in [6.07, 6.45) is 0. The van der Waals surface area contributed by atoms with Gasteiger partial charge in [0.15, 0.2) is 5.43 Å². The highest BCUT2D eigenvalue weighted by Gasteiger charge is 2.01. The molecular formula is C11H11NO. The first kappa shape index (κ1) is 8.05. The fourth-order valence-corrected chi connectivity index (χ4v) is 1.62. The van der Waals surface area contributed by atoms with Crippen molar-refractivity contribution in [2.24, 2.45) is 0 Å². The molecule has 0 atom stereocenters. The molecule has 0 aliphatic rings. The van der Waals surface area contributed by atoms with E-state index in [9.17, 15) is 4.79 Å². The number of aromatic amines is 1. The predicted octanol–water partition coefficient (Wildman–Crippen LogP) is 2.14. The summed E-state index contributed by atoms with van der Waals surface area (Å²) in [6.45, 7) is 3.84. The molecule has 1 N–H and O–H groups in total. The molecule has 0 radical (unpaired) electrons. The second-order valence-electron chi connectivity index (χ2n) is 3.31. The number of hydrogen-bond acceptors (Lipinski definition) is 1. The van der Waals surface area contributed by atoms with Gasteiger partial charge in [-0.25, -0.2) is 0 Å². The fraction of sp³-hybridized carbons (Fsp3) is 0.182. The van der Waals surface area contributed by atoms with Crippen LogP contribution in [-0.4, -0.2) is 4.98 Å². The van der Waals surface area contributed by atoms with Gasteiger partial charge in [-0.05, 0) is 25.5 Å². The molecule has 0 saturated heterocycles. The van der Waals surface area contributed by atoms with E-state index < -0.39 is 0 Å². The Bertz CT molecular complexity index is 511. The lowest BCUT2D eigenvalue weighted by Gasteiger charge is -2.01. The van der Waals surface area contributed by atoms with Gasteiger partial charge in [-0.15, -0.1) is 0 Å². The molecule has 0 spiro atoms. The van der Waals surface area contributed by atoms with Crippen LogP contribution < -0.4 is 5.43 Å². The Morgan fingerprint density at radius 2 is 2.00 bits per heavy atom. The van der Waals surface area contributed by atoms with Gasteiger partial charge < -0.3 is 4.98 Å². The van der Waals surface area contributed by atoms with E-state index in [4.69, 9.17) is 0 Å². The smallest absolute Gasteiger partial charge is 0.189 e. The van der Waals surface area contributed by atoms with E-state index in [-0.39, 0.29) is 5.43 Å². The molecule has 0 saturated carbocycles. The first-order valence-corrected chi connectivity index (χ1v) is 4.28. The molecule has 0 aliphatic carbocycles. The number of fused-ring (bicyclic) bond motifs is 1. The predicted molar refractivity (Wildman–Crippen MR) is 54.0 cm³/mol. The van der Waals surface area contributed by atoms with Gasteiger partial charge in [0.1, 0.15) is 0 Å². The van der Waals surface area contributed by atoms with E-state index in [1.807, 2.05) is 32.0 Å². The summed E-state index contributed by atoms with van der Waals surface area (Å²) in [5, 5.41) is 0.799. The highest BCUT2D eigenvalue weighted by atomic mass is 16.1. The van der Waals surface area contributed by atoms with Crippen molar-refractivity contribution in [2.75, 3.05) is 0 Å². The third-order valence-corrected chi connectivity index (χ3v) is 2.20. The molecule has 0 bridgehead atoms. The number of pyridine rings is 1. The Morgan fingerprint density at radius 3 is 2.77 bits per heavy atom. The van der Waals surface area contributed by atoms with Crippen LogP contribution in [0.15, 0.2) is 29.1 Å². The molecule has 66 valence electrons. The fourth-order valence-electron chi connectivity index (χ4n) is 1.62. The van der Waals surface area contributed by atoms with Gasteiger partial charge in [-0.2, -0.15) is 0 Å². The highest BCUT2D eigenvalue weighted by Crippen LogP contribution is 2.11. The lowest BCUT2D eigenvalue weighted by atomic mass is 10.1. The Labute approximate surface area is 76.2 Å². The van der Waals surface area contributed by atoms with Gasteiger partial charge >= 0.3 is 0 Å². The monoisotopic (exact) mass is 173 g/mol. The van der Waals surface area contributed by atoms with Crippen LogP contribution in [0.4, 0.5) is 0 Å². The topological polar surface area (TPSA) is 32.9 Å². The zero-order valence-electron chi connectivity index (χ0n) is 7.72. The summed E-state index contributed by atoms with van der Waals surface area (Å²) in [5.41, 5.74) is 2.95. The van der Waals surface area contributed by atoms with Gasteiger partial charge in [-0.1, -0.05) is 12.1 Å². The van der Waals surface area contributed by atoms with Crippen LogP contribution in [0, 0.1) is 13.8 Å². The maximum Gasteiger partial charge on any atom is 0.189 e. The van der Waals surface area contributed by atoms with E-state index in [1.54, 1.807) is 6.07 Å². The maximum absolute atomic E-state index is 11.6. The largest absolute Gasteiger partial charge is 0.358 e. The molecule has 1 aromatic carbocycles. The molecular weight excluding hydrogens is 162 g/mol. The van der Waals surface area contributed by atoms with Crippen LogP contribution >= 0.6 is 0 Å². The highest BCUT2D eigenvalue weighted by molar-refractivity contribution is 5.81. The van der Waals surface area contributed by atoms with Crippen LogP contribution in [0.25, 0.3) is 10.9 Å². The average molecular weight is 173 g/mol. The Balaban J connectivity index is 3.03. The van der Waals surface area contributed by atoms with E-state index in [2.05, 4.69) is 4.98 Å². The summed E-state index contributed by atoms with van der Waals surface area (Å²) in [7, 11) is 0. The summed E-state index contributed by atoms with van der Waals surface area (Å²) < 4.78 is 0. The van der Waals surface area contributed by atoms with E-state index in [1.165, 1.54) is 0 Å². The molecule has 1 heterocycles. The lowest BCUT2D eigenvalue weighted by Crippen LogP contribution is -2.04. The second-order valence-corrected chi connectivity index (χ2v) is 3.31. The SMILES string of the molecule is Cc1cc(=O)c2c(C)cccc2[nH]1. The number of hydrogen-bond donors (Lipinski definition) is 1. The van der Waals surface area contributed by atoms with Gasteiger partial charge in [0, 0.05) is 22.7 Å². The van der Waals surface area contributed by atoms with E-state index in [0.717, 1.165) is 22.2 Å². The van der Waals surface area contributed by atoms with Gasteiger partial charge in [-0.3, -0.25) is 4.79 Å². The lowest BCUT2D eigenvalue weighted by molar-refractivity contribution is 1.24. The van der Waals surface area contributed by atoms with Crippen molar-refractivity contribution >= 4 is 10.9 Å². The van der Waals surface area contributed by atoms with E-state index in [0.29, 0.717) is 0 Å². The zero-order chi connectivity index (χ0) is 9.42. The molecule has 0 aliphatic heterocycles. The second kappa shape index (κ2) is 2.73. The number of aromatic nitrogens is 1. The zero-order valence-corrected chi connectivity index (χ0v) is 7.72. The normalized spacial score (nSPS) is 10.6. The Kier molecular flexibility index (Phi) is 1.69. The molecule has 13 heavy (non-hydrogen) atoms. The minimum Gasteiger partial charge on any atom is -0.358 e. The number of H-pyrrole nitrogens is 1. The first-order valence-electron chi connectivity index (χ1n) is 4.28. The maximum atomic E-state index is 11.6. The van der Waals surface area contributed by atoms with Crippen molar-refractivity contribution in [1.29, 1.82) is 0 Å². The van der Waals surface area contributed by atoms with Crippen LogP contribution in [-0.2, 0) is 0 Å². The van der Waals surface area contributed by atoms with Crippen LogP contribution in [0.1, 0.15) is 11.3 Å². The molecule has 2 nitrogen and oxygen atoms in total. The standard InChI is InChI=1S/C11H11NO/c1-7-4-3-5-9-11(7)10(13)6-8(2)12-9/h3-6H,1-2H3,(H,12,13). The van der Waals surface area contributed by atoms with Gasteiger partial charge in [0.25, 0.3) is 0 Å². The van der Waals surface area contributed by atoms with E-state index >= 15 is 0 Å². The van der Waals surface area contributed by atoms with Gasteiger partial charge in [0.2, 0.25) is 0 Å². The molecule has 2 rings (SSSR count). The summed E-state index contributed by atoms with van der Waals surface area (Å²) in [5.74, 6) is 0. The van der Waals surface area contributed by atoms with Crippen molar-refractivity contribution in [2.45, 2.75) is 13.8 Å². The minimum absolute atomic E-state index is 0.101. The van der Waals surface area contributed by atoms with Crippen molar-refractivity contribution in [3.05, 3.63) is 45.7 Å². The Morgan fingerprint density at radius 1 is 1.23 bits per heavy atom. The molecule has 0 fully saturated rings. The number of aryl methyl sites for hydroxylation is 2. The Hall–Kier alpha value is -1.57. The molecule has 1 aromatic heterocycles. The van der Waals surface area contributed by atoms with Gasteiger partial charge in [0.05, 0.1) is 0 Å². The van der Waals surface area contributed by atoms with Crippen molar-refractivity contribution in [1.82, 2.24) is 4.98 Å². The summed E-state index contributed by atoms with van der Waals surface area (Å²) >= 11 is 0. The van der Waals surface area contributed by atoms with Crippen LogP contribution in [0.2, 0.25) is 0 Å². The third kappa shape index (κ3) is 1.24. The number of nitrogens with one attached hydrogen (secondary N) is 1. The molecule has 2 aromatic rings. The number of benzene rings is 1. The summed E-state index contributed by atoms with van der Waals surface area (Å²) in [4.78, 5) is 14.8. The molecule has 2 heteroatoms. The minimum atomic E-state index is 0.101. The molecule has 0 amide bonds. The molecule has 0 unspecified atom stereocenters. The van der Waals surface area contributed by atoms with Crippen molar-refractivity contribution in [3.63, 3.8) is 0 Å². The van der Waals surface area contributed by atoms with Crippen LogP contribution in [0.3, 0.4) is 0 Å². The van der Waals surface area contributed by atoms with Crippen molar-refractivity contribution in [3.8, 4) is 0 Å². The van der Waals surface area contributed by atoms with Crippen molar-refractivity contribution < 1.29 is 0 Å². The average Bonchev–Trinajstić information content (AvgIpc) is 2.02.